The van der Waals surface area contributed by atoms with Crippen molar-refractivity contribution < 1.29 is 9.59 Å². The van der Waals surface area contributed by atoms with E-state index in [0.29, 0.717) is 12.1 Å². The third-order valence-electron chi connectivity index (χ3n) is 1.90. The van der Waals surface area contributed by atoms with Crippen LogP contribution in [0.1, 0.15) is 6.42 Å². The lowest BCUT2D eigenvalue weighted by molar-refractivity contribution is -0.134. The molecule has 0 saturated carbocycles. The summed E-state index contributed by atoms with van der Waals surface area (Å²) in [5, 5.41) is 0. The molecule has 2 rings (SSSR count). The average Bonchev–Trinajstić information content (AvgIpc) is 2.48. The van der Waals surface area contributed by atoms with Crippen molar-refractivity contribution in [3.63, 3.8) is 0 Å². The van der Waals surface area contributed by atoms with Gasteiger partial charge in [-0.05, 0) is 18.2 Å². The first kappa shape index (κ1) is 7.77. The molecule has 13 heavy (non-hydrogen) atoms. The van der Waals surface area contributed by atoms with Gasteiger partial charge in [0.05, 0.1) is 0 Å². The number of allylic oxidation sites excluding steroid dienone is 2. The van der Waals surface area contributed by atoms with E-state index in [0.717, 1.165) is 0 Å². The Morgan fingerprint density at radius 1 is 1.23 bits per heavy atom. The third kappa shape index (κ3) is 1.25. The maximum atomic E-state index is 11.2. The summed E-state index contributed by atoms with van der Waals surface area (Å²) in [7, 11) is 0. The summed E-state index contributed by atoms with van der Waals surface area (Å²) < 4.78 is 0. The van der Waals surface area contributed by atoms with Crippen LogP contribution in [-0.2, 0) is 9.59 Å². The van der Waals surface area contributed by atoms with Crippen LogP contribution in [0, 0.1) is 0 Å². The molecule has 0 aromatic rings. The van der Waals surface area contributed by atoms with E-state index in [1.54, 1.807) is 18.2 Å². The summed E-state index contributed by atoms with van der Waals surface area (Å²) in [5.41, 5.74) is 3.58. The van der Waals surface area contributed by atoms with E-state index in [4.69, 9.17) is 0 Å². The first-order valence-electron chi connectivity index (χ1n) is 3.95. The number of carbonyl (C=O) groups is 2. The van der Waals surface area contributed by atoms with Gasteiger partial charge in [0, 0.05) is 24.3 Å². The monoisotopic (exact) mass is 173 g/mol. The summed E-state index contributed by atoms with van der Waals surface area (Å²) in [6.45, 7) is 0. The Balaban J connectivity index is 2.28. The van der Waals surface area contributed by atoms with Crippen molar-refractivity contribution in [1.29, 1.82) is 0 Å². The van der Waals surface area contributed by atoms with Gasteiger partial charge in [-0.15, -0.1) is 5.73 Å². The second-order valence-electron chi connectivity index (χ2n) is 2.74. The lowest BCUT2D eigenvalue weighted by Crippen LogP contribution is -2.29. The molecule has 0 aromatic heterocycles. The fraction of sp³-hybridized carbons (Fsp3) is 0.100. The number of nitrogens with zero attached hydrogens (tertiary/aromatic N) is 1. The summed E-state index contributed by atoms with van der Waals surface area (Å²) in [6, 6.07) is 0. The fourth-order valence-electron chi connectivity index (χ4n) is 1.29. The van der Waals surface area contributed by atoms with Crippen molar-refractivity contribution in [2.75, 3.05) is 0 Å². The number of amides is 2. The minimum absolute atomic E-state index is 0.264. The first-order valence-corrected chi connectivity index (χ1v) is 3.95. The van der Waals surface area contributed by atoms with Crippen LogP contribution in [0.2, 0.25) is 0 Å². The van der Waals surface area contributed by atoms with Crippen molar-refractivity contribution in [2.45, 2.75) is 6.42 Å². The highest BCUT2D eigenvalue weighted by Crippen LogP contribution is 2.17. The van der Waals surface area contributed by atoms with E-state index < -0.39 is 0 Å². The molecule has 1 heterocycles. The molecule has 1 aliphatic carbocycles. The lowest BCUT2D eigenvalue weighted by Gasteiger charge is -2.16. The van der Waals surface area contributed by atoms with Gasteiger partial charge in [0.25, 0.3) is 11.8 Å². The van der Waals surface area contributed by atoms with Crippen molar-refractivity contribution >= 4 is 11.8 Å². The Morgan fingerprint density at radius 3 is 2.46 bits per heavy atom. The highest BCUT2D eigenvalue weighted by molar-refractivity contribution is 6.14. The number of imide groups is 1. The molecule has 3 heteroatoms. The molecule has 0 N–H and O–H groups in total. The molecule has 0 fully saturated rings. The van der Waals surface area contributed by atoms with Crippen LogP contribution < -0.4 is 0 Å². The molecule has 0 atom stereocenters. The Hall–Kier alpha value is -1.86. The van der Waals surface area contributed by atoms with Crippen LogP contribution in [0.5, 0.6) is 0 Å². The molecule has 0 spiro atoms. The Kier molecular flexibility index (Phi) is 1.72. The predicted molar refractivity (Wildman–Crippen MR) is 46.3 cm³/mol. The molecule has 2 amide bonds. The zero-order valence-electron chi connectivity index (χ0n) is 6.86. The second-order valence-corrected chi connectivity index (χ2v) is 2.74. The van der Waals surface area contributed by atoms with E-state index in [2.05, 4.69) is 5.73 Å². The number of hydrogen-bond acceptors (Lipinski definition) is 2. The van der Waals surface area contributed by atoms with E-state index in [-0.39, 0.29) is 11.8 Å². The molecule has 64 valence electrons. The summed E-state index contributed by atoms with van der Waals surface area (Å²) in [5.74, 6) is -0.528. The molecule has 0 radical (unpaired) electrons. The standard InChI is InChI=1S/C10H7NO2/c12-9-6-7-10(13)11(9)8-4-2-1-3-5-8/h2-4,6-7H,5H2. The minimum Gasteiger partial charge on any atom is -0.269 e. The lowest BCUT2D eigenvalue weighted by atomic mass is 10.2. The number of hydrogen-bond donors (Lipinski definition) is 0. The molecule has 0 aromatic carbocycles. The van der Waals surface area contributed by atoms with Gasteiger partial charge in [-0.1, -0.05) is 0 Å². The summed E-state index contributed by atoms with van der Waals surface area (Å²) in [4.78, 5) is 23.6. The van der Waals surface area contributed by atoms with Crippen LogP contribution in [0.25, 0.3) is 0 Å². The van der Waals surface area contributed by atoms with E-state index >= 15 is 0 Å². The van der Waals surface area contributed by atoms with Crippen molar-refractivity contribution in [2.24, 2.45) is 0 Å². The highest BCUT2D eigenvalue weighted by atomic mass is 16.2. The highest BCUT2D eigenvalue weighted by Gasteiger charge is 2.26. The summed E-state index contributed by atoms with van der Waals surface area (Å²) >= 11 is 0. The van der Waals surface area contributed by atoms with Crippen molar-refractivity contribution in [3.8, 4) is 0 Å². The third-order valence-corrected chi connectivity index (χ3v) is 1.90. The van der Waals surface area contributed by atoms with Gasteiger partial charge in [-0.25, -0.2) is 4.90 Å². The topological polar surface area (TPSA) is 37.4 Å². The van der Waals surface area contributed by atoms with Gasteiger partial charge in [-0.3, -0.25) is 9.59 Å². The molecule has 3 nitrogen and oxygen atoms in total. The van der Waals surface area contributed by atoms with E-state index in [1.165, 1.54) is 17.1 Å². The maximum Gasteiger partial charge on any atom is 0.257 e. The molecular formula is C10H7NO2. The zero-order chi connectivity index (χ0) is 9.26. The van der Waals surface area contributed by atoms with E-state index in [9.17, 15) is 9.59 Å². The number of rotatable bonds is 1. The normalized spacial score (nSPS) is 20.0. The molecule has 0 saturated heterocycles. The minimum atomic E-state index is -0.264. The Morgan fingerprint density at radius 2 is 1.92 bits per heavy atom. The predicted octanol–water partition coefficient (Wildman–Crippen LogP) is 0.910. The molecular weight excluding hydrogens is 166 g/mol. The van der Waals surface area contributed by atoms with Crippen LogP contribution in [-0.4, -0.2) is 16.7 Å². The molecule has 2 aliphatic rings. The second kappa shape index (κ2) is 2.88. The van der Waals surface area contributed by atoms with Gasteiger partial charge >= 0.3 is 0 Å². The van der Waals surface area contributed by atoms with Crippen molar-refractivity contribution in [1.82, 2.24) is 4.90 Å². The van der Waals surface area contributed by atoms with Crippen LogP contribution >= 0.6 is 0 Å². The van der Waals surface area contributed by atoms with Gasteiger partial charge < -0.3 is 0 Å². The number of carbonyl (C=O) groups excluding carboxylic acids is 2. The van der Waals surface area contributed by atoms with E-state index in [1.807, 2.05) is 0 Å². The Labute approximate surface area is 75.3 Å². The summed E-state index contributed by atoms with van der Waals surface area (Å²) in [6.07, 6.45) is 8.35. The molecule has 1 aliphatic heterocycles. The van der Waals surface area contributed by atoms with Crippen LogP contribution in [0.4, 0.5) is 0 Å². The van der Waals surface area contributed by atoms with Crippen LogP contribution in [0.15, 0.2) is 41.8 Å². The zero-order valence-corrected chi connectivity index (χ0v) is 6.86. The Bertz CT molecular complexity index is 377. The largest absolute Gasteiger partial charge is 0.269 e. The average molecular weight is 173 g/mol. The fourth-order valence-corrected chi connectivity index (χ4v) is 1.29. The maximum absolute atomic E-state index is 11.2. The van der Waals surface area contributed by atoms with Crippen molar-refractivity contribution in [3.05, 3.63) is 41.8 Å². The van der Waals surface area contributed by atoms with Crippen LogP contribution in [0.3, 0.4) is 0 Å². The smallest absolute Gasteiger partial charge is 0.257 e. The molecule has 0 bridgehead atoms. The van der Waals surface area contributed by atoms with Gasteiger partial charge in [0.2, 0.25) is 0 Å². The van der Waals surface area contributed by atoms with Gasteiger partial charge in [0.1, 0.15) is 0 Å². The first-order chi connectivity index (χ1) is 6.29. The van der Waals surface area contributed by atoms with Gasteiger partial charge in [-0.2, -0.15) is 0 Å². The molecule has 0 unspecified atom stereocenters. The quantitative estimate of drug-likeness (QED) is 0.436. The SMILES string of the molecule is O=C1C=CC(=O)N1C1=CC=C=CC1. The van der Waals surface area contributed by atoms with Gasteiger partial charge in [0.15, 0.2) is 0 Å².